The van der Waals surface area contributed by atoms with Crippen molar-refractivity contribution in [3.63, 3.8) is 0 Å². The summed E-state index contributed by atoms with van der Waals surface area (Å²) in [5.74, 6) is 0.291. The van der Waals surface area contributed by atoms with E-state index in [1.165, 1.54) is 38.5 Å². The van der Waals surface area contributed by atoms with Crippen LogP contribution in [0.4, 0.5) is 4.79 Å². The molecule has 0 aliphatic heterocycles. The fourth-order valence-electron chi connectivity index (χ4n) is 3.87. The number of fused-ring (bicyclic) bond motifs is 3. The van der Waals surface area contributed by atoms with E-state index < -0.39 is 0 Å². The molecular weight excluding hydrogens is 382 g/mol. The number of hydrogen-bond donors (Lipinski definition) is 0. The smallest absolute Gasteiger partial charge is 0.409 e. The van der Waals surface area contributed by atoms with Crippen LogP contribution in [0.5, 0.6) is 0 Å². The Morgan fingerprint density at radius 2 is 1.62 bits per heavy atom. The summed E-state index contributed by atoms with van der Waals surface area (Å²) in [6.45, 7) is 0.694. The van der Waals surface area contributed by atoms with Crippen molar-refractivity contribution in [3.05, 3.63) is 82.0 Å². The first-order chi connectivity index (χ1) is 14.1. The number of ether oxygens (including phenoxy) is 1. The fraction of sp³-hybridized carbons (Fsp3) is 0.250. The molecule has 0 atom stereocenters. The van der Waals surface area contributed by atoms with Gasteiger partial charge in [-0.1, -0.05) is 54.6 Å². The highest BCUT2D eigenvalue weighted by molar-refractivity contribution is 7.12. The lowest BCUT2D eigenvalue weighted by Crippen LogP contribution is -2.30. The molecule has 1 aliphatic rings. The molecule has 148 valence electrons. The summed E-state index contributed by atoms with van der Waals surface area (Å²) >= 11 is 1.42. The number of carbonyl (C=O) groups excluding carboxylic acids is 2. The number of benzene rings is 2. The van der Waals surface area contributed by atoms with Gasteiger partial charge in [-0.25, -0.2) is 4.79 Å². The van der Waals surface area contributed by atoms with Crippen LogP contribution in [0.3, 0.4) is 0 Å². The average Bonchev–Trinajstić information content (AvgIpc) is 3.39. The molecule has 5 heteroatoms. The van der Waals surface area contributed by atoms with Crippen LogP contribution in [0.2, 0.25) is 0 Å². The molecule has 0 unspecified atom stereocenters. The third-order valence-corrected chi connectivity index (χ3v) is 6.29. The molecule has 1 aromatic heterocycles. The molecule has 0 saturated heterocycles. The summed E-state index contributed by atoms with van der Waals surface area (Å²) in [7, 11) is 1.67. The Balaban J connectivity index is 1.31. The van der Waals surface area contributed by atoms with Crippen LogP contribution >= 0.6 is 11.3 Å². The molecule has 0 N–H and O–H groups in total. The average molecular weight is 406 g/mol. The van der Waals surface area contributed by atoms with Crippen LogP contribution in [-0.4, -0.2) is 37.0 Å². The topological polar surface area (TPSA) is 46.6 Å². The molecular formula is C24H23NO3S. The van der Waals surface area contributed by atoms with Crippen LogP contribution in [0.25, 0.3) is 11.1 Å². The number of carbonyl (C=O) groups is 2. The van der Waals surface area contributed by atoms with Gasteiger partial charge in [0.1, 0.15) is 0 Å². The molecule has 1 heterocycles. The van der Waals surface area contributed by atoms with Crippen molar-refractivity contribution in [2.45, 2.75) is 18.8 Å². The molecule has 2 aromatic carbocycles. The molecule has 0 saturated carbocycles. The minimum atomic E-state index is -0.386. The Morgan fingerprint density at radius 3 is 2.24 bits per heavy atom. The lowest BCUT2D eigenvalue weighted by Gasteiger charge is -2.18. The van der Waals surface area contributed by atoms with Gasteiger partial charge >= 0.3 is 6.09 Å². The molecule has 1 aliphatic carbocycles. The van der Waals surface area contributed by atoms with Crippen molar-refractivity contribution in [3.8, 4) is 11.1 Å². The molecule has 0 radical (unpaired) electrons. The third-order valence-electron chi connectivity index (χ3n) is 5.38. The second kappa shape index (κ2) is 8.62. The van der Waals surface area contributed by atoms with Gasteiger partial charge in [-0.3, -0.25) is 4.79 Å². The predicted molar refractivity (Wildman–Crippen MR) is 116 cm³/mol. The van der Waals surface area contributed by atoms with E-state index in [0.717, 1.165) is 11.3 Å². The van der Waals surface area contributed by atoms with E-state index in [-0.39, 0.29) is 17.8 Å². The van der Waals surface area contributed by atoms with Gasteiger partial charge in [-0.15, -0.1) is 11.3 Å². The van der Waals surface area contributed by atoms with Gasteiger partial charge in [0.2, 0.25) is 0 Å². The first kappa shape index (κ1) is 19.4. The van der Waals surface area contributed by atoms with E-state index in [4.69, 9.17) is 4.74 Å². The fourth-order valence-corrected chi connectivity index (χ4v) is 4.56. The highest BCUT2D eigenvalue weighted by Gasteiger charge is 2.28. The molecule has 1 amide bonds. The van der Waals surface area contributed by atoms with Crippen molar-refractivity contribution in [2.75, 3.05) is 20.2 Å². The van der Waals surface area contributed by atoms with Gasteiger partial charge in [-0.05, 0) is 40.1 Å². The number of rotatable bonds is 7. The van der Waals surface area contributed by atoms with Gasteiger partial charge in [-0.2, -0.15) is 0 Å². The Morgan fingerprint density at radius 1 is 0.966 bits per heavy atom. The Bertz CT molecular complexity index is 967. The number of thiophene rings is 1. The third kappa shape index (κ3) is 4.10. The van der Waals surface area contributed by atoms with Crippen molar-refractivity contribution >= 4 is 23.2 Å². The maximum absolute atomic E-state index is 12.3. The second-order valence-electron chi connectivity index (χ2n) is 7.20. The van der Waals surface area contributed by atoms with Crippen molar-refractivity contribution < 1.29 is 14.3 Å². The molecule has 29 heavy (non-hydrogen) atoms. The zero-order chi connectivity index (χ0) is 20.2. The zero-order valence-electron chi connectivity index (χ0n) is 16.3. The maximum Gasteiger partial charge on any atom is 0.409 e. The number of hydrogen-bond acceptors (Lipinski definition) is 4. The molecule has 3 aromatic rings. The van der Waals surface area contributed by atoms with Crippen molar-refractivity contribution in [2.24, 2.45) is 0 Å². The first-order valence-corrected chi connectivity index (χ1v) is 10.7. The lowest BCUT2D eigenvalue weighted by atomic mass is 9.94. The summed E-state index contributed by atoms with van der Waals surface area (Å²) in [6.07, 6.45) is 0.653. The van der Waals surface area contributed by atoms with E-state index in [0.29, 0.717) is 19.6 Å². The van der Waals surface area contributed by atoms with E-state index in [9.17, 15) is 9.59 Å². The summed E-state index contributed by atoms with van der Waals surface area (Å²) in [5.41, 5.74) is 5.12. The number of ketones is 1. The van der Waals surface area contributed by atoms with Crippen molar-refractivity contribution in [1.82, 2.24) is 4.90 Å². The number of Topliss-reactive ketones (excluding diaryl/α,β-unsaturated/α-hetero) is 1. The Labute approximate surface area is 174 Å². The molecule has 0 spiro atoms. The maximum atomic E-state index is 12.3. The van der Waals surface area contributed by atoms with Crippen LogP contribution in [0.15, 0.2) is 66.0 Å². The summed E-state index contributed by atoms with van der Waals surface area (Å²) in [6, 6.07) is 20.5. The summed E-state index contributed by atoms with van der Waals surface area (Å²) < 4.78 is 5.50. The minimum absolute atomic E-state index is 0.0545. The van der Waals surface area contributed by atoms with Crippen LogP contribution in [0, 0.1) is 0 Å². The Kier molecular flexibility index (Phi) is 5.76. The second-order valence-corrected chi connectivity index (χ2v) is 8.15. The van der Waals surface area contributed by atoms with Gasteiger partial charge < -0.3 is 9.64 Å². The largest absolute Gasteiger partial charge is 0.449 e. The normalized spacial score (nSPS) is 12.3. The molecule has 4 rings (SSSR count). The van der Waals surface area contributed by atoms with E-state index in [2.05, 4.69) is 48.5 Å². The summed E-state index contributed by atoms with van der Waals surface area (Å²) in [5, 5.41) is 1.88. The van der Waals surface area contributed by atoms with Gasteiger partial charge in [0.15, 0.2) is 5.78 Å². The molecule has 0 fully saturated rings. The molecule has 4 nitrogen and oxygen atoms in total. The molecule has 0 bridgehead atoms. The van der Waals surface area contributed by atoms with E-state index in [1.807, 2.05) is 17.5 Å². The predicted octanol–water partition coefficient (Wildman–Crippen LogP) is 5.59. The van der Waals surface area contributed by atoms with Crippen LogP contribution < -0.4 is 0 Å². The Hall–Kier alpha value is -2.92. The van der Waals surface area contributed by atoms with Gasteiger partial charge in [0.25, 0.3) is 0 Å². The monoisotopic (exact) mass is 405 g/mol. The SMILES string of the molecule is CN(CCC(=O)c1cccs1)C(=O)OCCC1c2ccccc2-c2ccccc21. The van der Waals surface area contributed by atoms with Crippen LogP contribution in [0.1, 0.15) is 39.6 Å². The van der Waals surface area contributed by atoms with Gasteiger partial charge in [0.05, 0.1) is 11.5 Å². The highest BCUT2D eigenvalue weighted by Crippen LogP contribution is 2.45. The van der Waals surface area contributed by atoms with E-state index >= 15 is 0 Å². The highest BCUT2D eigenvalue weighted by atomic mass is 32.1. The zero-order valence-corrected chi connectivity index (χ0v) is 17.2. The van der Waals surface area contributed by atoms with Gasteiger partial charge in [0, 0.05) is 25.9 Å². The lowest BCUT2D eigenvalue weighted by molar-refractivity contribution is 0.0939. The number of amides is 1. The standard InChI is InChI=1S/C24H23NO3S/c1-25(14-12-22(26)23-11-6-16-29-23)24(27)28-15-13-21-19-9-4-2-7-17(19)18-8-3-5-10-20(18)21/h2-11,16,21H,12-15H2,1H3. The quantitative estimate of drug-likeness (QED) is 0.481. The minimum Gasteiger partial charge on any atom is -0.449 e. The van der Waals surface area contributed by atoms with Crippen LogP contribution in [-0.2, 0) is 4.74 Å². The van der Waals surface area contributed by atoms with E-state index in [1.54, 1.807) is 7.05 Å². The summed E-state index contributed by atoms with van der Waals surface area (Å²) in [4.78, 5) is 26.6. The van der Waals surface area contributed by atoms with Crippen molar-refractivity contribution in [1.29, 1.82) is 0 Å². The number of nitrogens with zero attached hydrogens (tertiary/aromatic N) is 1. The first-order valence-electron chi connectivity index (χ1n) is 9.78.